The molecule has 0 bridgehead atoms. The molecule has 7 unspecified atom stereocenters. The van der Waals surface area contributed by atoms with Crippen molar-refractivity contribution >= 4 is 0 Å². The second-order valence-corrected chi connectivity index (χ2v) is 7.47. The highest BCUT2D eigenvalue weighted by atomic mass is 19.2. The highest BCUT2D eigenvalue weighted by Crippen LogP contribution is 2.52. The first kappa shape index (κ1) is 18.6. The Morgan fingerprint density at radius 3 is 2.12 bits per heavy atom. The summed E-state index contributed by atoms with van der Waals surface area (Å²) in [5.74, 6) is -6.94. The monoisotopic (exact) mass is 364 g/mol. The lowest BCUT2D eigenvalue weighted by Gasteiger charge is -2.23. The van der Waals surface area contributed by atoms with Crippen LogP contribution in [0.4, 0.5) is 26.3 Å². The number of fused-ring (bicyclic) bond motifs is 1. The molecule has 2 aliphatic carbocycles. The third-order valence-corrected chi connectivity index (χ3v) is 5.97. The maximum absolute atomic E-state index is 14.9. The van der Waals surface area contributed by atoms with E-state index >= 15 is 0 Å². The Bertz CT molecular complexity index is 595. The van der Waals surface area contributed by atoms with Crippen molar-refractivity contribution in [2.24, 2.45) is 17.8 Å². The average molecular weight is 364 g/mol. The fraction of sp³-hybridized carbons (Fsp3) is 0.684. The van der Waals surface area contributed by atoms with Crippen molar-refractivity contribution in [3.63, 3.8) is 0 Å². The molecule has 0 heterocycles. The molecule has 1 aromatic carbocycles. The van der Waals surface area contributed by atoms with Crippen molar-refractivity contribution in [1.29, 1.82) is 0 Å². The molecule has 2 saturated carbocycles. The van der Waals surface area contributed by atoms with E-state index in [-0.39, 0.29) is 30.7 Å². The highest BCUT2D eigenvalue weighted by molar-refractivity contribution is 5.26. The quantitative estimate of drug-likeness (QED) is 0.453. The molecule has 140 valence electrons. The van der Waals surface area contributed by atoms with E-state index in [9.17, 15) is 26.3 Å². The van der Waals surface area contributed by atoms with Crippen molar-refractivity contribution < 1.29 is 26.3 Å². The third kappa shape index (κ3) is 3.41. The molecule has 3 rings (SSSR count). The SMILES string of the molecule is CCCC1C(F)CC2CC(c3cc(F)c(F)c(F)c3)C(F)C2CC1F. The van der Waals surface area contributed by atoms with Crippen LogP contribution in [-0.2, 0) is 0 Å². The molecule has 0 spiro atoms. The topological polar surface area (TPSA) is 0 Å². The van der Waals surface area contributed by atoms with Gasteiger partial charge in [-0.05, 0) is 55.2 Å². The second-order valence-electron chi connectivity index (χ2n) is 7.47. The molecule has 0 amide bonds. The van der Waals surface area contributed by atoms with Gasteiger partial charge in [0.2, 0.25) is 0 Å². The largest absolute Gasteiger partial charge is 0.247 e. The maximum atomic E-state index is 14.9. The predicted octanol–water partition coefficient (Wildman–Crippen LogP) is 6.05. The predicted molar refractivity (Wildman–Crippen MR) is 83.0 cm³/mol. The molecule has 2 aliphatic rings. The third-order valence-electron chi connectivity index (χ3n) is 5.97. The Morgan fingerprint density at radius 1 is 0.920 bits per heavy atom. The van der Waals surface area contributed by atoms with Crippen LogP contribution < -0.4 is 0 Å². The Kier molecular flexibility index (Phi) is 5.35. The fourth-order valence-electron chi connectivity index (χ4n) is 4.71. The molecule has 2 fully saturated rings. The van der Waals surface area contributed by atoms with Crippen molar-refractivity contribution in [1.82, 2.24) is 0 Å². The Labute approximate surface area is 143 Å². The lowest BCUT2D eigenvalue weighted by atomic mass is 9.88. The molecule has 0 saturated heterocycles. The zero-order valence-electron chi connectivity index (χ0n) is 14.0. The first-order valence-electron chi connectivity index (χ1n) is 8.90. The Balaban J connectivity index is 1.83. The molecular weight excluding hydrogens is 342 g/mol. The number of hydrogen-bond donors (Lipinski definition) is 0. The van der Waals surface area contributed by atoms with Gasteiger partial charge < -0.3 is 0 Å². The standard InChI is InChI=1S/C19H22F6/c1-2-3-11-14(20)5-9-4-12(18(24)13(9)8-15(11)21)10-6-16(22)19(25)17(23)7-10/h6-7,9,11-15,18H,2-5,8H2,1H3. The van der Waals surface area contributed by atoms with Crippen molar-refractivity contribution in [2.45, 2.75) is 63.5 Å². The number of rotatable bonds is 3. The summed E-state index contributed by atoms with van der Waals surface area (Å²) in [7, 11) is 0. The van der Waals surface area contributed by atoms with Crippen LogP contribution >= 0.6 is 0 Å². The zero-order valence-corrected chi connectivity index (χ0v) is 14.0. The number of alkyl halides is 3. The molecule has 0 radical (unpaired) electrons. The van der Waals surface area contributed by atoms with Gasteiger partial charge in [0.05, 0.1) is 0 Å². The van der Waals surface area contributed by atoms with E-state index in [4.69, 9.17) is 0 Å². The van der Waals surface area contributed by atoms with Gasteiger partial charge in [0.1, 0.15) is 18.5 Å². The lowest BCUT2D eigenvalue weighted by molar-refractivity contribution is 0.107. The summed E-state index contributed by atoms with van der Waals surface area (Å²) in [4.78, 5) is 0. The number of benzene rings is 1. The molecule has 0 aromatic heterocycles. The summed E-state index contributed by atoms with van der Waals surface area (Å²) in [6.07, 6.45) is -2.98. The van der Waals surface area contributed by atoms with E-state index in [1.54, 1.807) is 0 Å². The molecule has 0 aliphatic heterocycles. The first-order valence-corrected chi connectivity index (χ1v) is 8.90. The maximum Gasteiger partial charge on any atom is 0.194 e. The number of hydrogen-bond acceptors (Lipinski definition) is 0. The summed E-state index contributed by atoms with van der Waals surface area (Å²) in [5.41, 5.74) is 0.0212. The minimum absolute atomic E-state index is 0.0212. The first-order chi connectivity index (χ1) is 11.8. The summed E-state index contributed by atoms with van der Waals surface area (Å²) < 4.78 is 84.0. The van der Waals surface area contributed by atoms with Crippen LogP contribution in [0.1, 0.15) is 50.5 Å². The number of halogens is 6. The molecular formula is C19H22F6. The van der Waals surface area contributed by atoms with Crippen LogP contribution in [0.2, 0.25) is 0 Å². The van der Waals surface area contributed by atoms with Crippen LogP contribution in [0.5, 0.6) is 0 Å². The molecule has 0 N–H and O–H groups in total. The van der Waals surface area contributed by atoms with E-state index in [1.807, 2.05) is 6.92 Å². The van der Waals surface area contributed by atoms with E-state index in [0.717, 1.165) is 12.1 Å². The van der Waals surface area contributed by atoms with Gasteiger partial charge in [0, 0.05) is 11.8 Å². The summed E-state index contributed by atoms with van der Waals surface area (Å²) >= 11 is 0. The van der Waals surface area contributed by atoms with Crippen molar-refractivity contribution in [3.8, 4) is 0 Å². The summed E-state index contributed by atoms with van der Waals surface area (Å²) in [5, 5.41) is 0. The minimum atomic E-state index is -1.60. The fourth-order valence-corrected chi connectivity index (χ4v) is 4.71. The van der Waals surface area contributed by atoms with Crippen LogP contribution in [0.25, 0.3) is 0 Å². The van der Waals surface area contributed by atoms with Gasteiger partial charge in [0.25, 0.3) is 0 Å². The molecule has 25 heavy (non-hydrogen) atoms. The normalized spacial score (nSPS) is 38.4. The highest BCUT2D eigenvalue weighted by Gasteiger charge is 2.50. The average Bonchev–Trinajstić information content (AvgIpc) is 2.79. The second kappa shape index (κ2) is 7.20. The Hall–Kier alpha value is -1.20. The minimum Gasteiger partial charge on any atom is -0.247 e. The van der Waals surface area contributed by atoms with Gasteiger partial charge in [-0.3, -0.25) is 0 Å². The smallest absolute Gasteiger partial charge is 0.194 e. The van der Waals surface area contributed by atoms with Crippen LogP contribution in [0, 0.1) is 35.2 Å². The summed E-state index contributed by atoms with van der Waals surface area (Å²) in [6, 6.07) is 1.58. The summed E-state index contributed by atoms with van der Waals surface area (Å²) in [6.45, 7) is 1.86. The molecule has 7 atom stereocenters. The zero-order chi connectivity index (χ0) is 18.3. The van der Waals surface area contributed by atoms with E-state index in [1.165, 1.54) is 0 Å². The molecule has 6 heteroatoms. The lowest BCUT2D eigenvalue weighted by Crippen LogP contribution is -2.26. The van der Waals surface area contributed by atoms with Crippen LogP contribution in [0.15, 0.2) is 12.1 Å². The van der Waals surface area contributed by atoms with Crippen molar-refractivity contribution in [3.05, 3.63) is 35.1 Å². The van der Waals surface area contributed by atoms with Gasteiger partial charge in [-0.15, -0.1) is 0 Å². The van der Waals surface area contributed by atoms with Crippen molar-refractivity contribution in [2.75, 3.05) is 0 Å². The van der Waals surface area contributed by atoms with Gasteiger partial charge in [-0.2, -0.15) is 0 Å². The van der Waals surface area contributed by atoms with Gasteiger partial charge >= 0.3 is 0 Å². The van der Waals surface area contributed by atoms with Gasteiger partial charge in [0.15, 0.2) is 17.5 Å². The van der Waals surface area contributed by atoms with E-state index in [0.29, 0.717) is 12.8 Å². The Morgan fingerprint density at radius 2 is 1.52 bits per heavy atom. The van der Waals surface area contributed by atoms with Gasteiger partial charge in [-0.25, -0.2) is 26.3 Å². The van der Waals surface area contributed by atoms with E-state index in [2.05, 4.69) is 0 Å². The molecule has 0 nitrogen and oxygen atoms in total. The van der Waals surface area contributed by atoms with Crippen LogP contribution in [-0.4, -0.2) is 18.5 Å². The van der Waals surface area contributed by atoms with Gasteiger partial charge in [-0.1, -0.05) is 13.3 Å². The van der Waals surface area contributed by atoms with Crippen LogP contribution in [0.3, 0.4) is 0 Å². The molecule has 1 aromatic rings. The van der Waals surface area contributed by atoms with E-state index < -0.39 is 53.7 Å².